The molecule has 2 N–H and O–H groups in total. The zero-order chi connectivity index (χ0) is 9.19. The number of hydrogen-bond acceptors (Lipinski definition) is 4. The van der Waals surface area contributed by atoms with Crippen molar-refractivity contribution < 1.29 is 14.3 Å². The molecule has 0 aromatic heterocycles. The number of nitrogens with two attached hydrogens (primary N) is 1. The standard InChI is InChI=1S/C8H15NO3/c1-11-6-3-4-8(9,5-6)7(10)12-2/h6H,3-5,9H2,1-2H3/t6-,8+/m0/s1. The van der Waals surface area contributed by atoms with Crippen LogP contribution < -0.4 is 5.73 Å². The Morgan fingerprint density at radius 1 is 1.58 bits per heavy atom. The highest BCUT2D eigenvalue weighted by atomic mass is 16.5. The van der Waals surface area contributed by atoms with Gasteiger partial charge in [0, 0.05) is 13.5 Å². The Kier molecular flexibility index (Phi) is 2.69. The van der Waals surface area contributed by atoms with Crippen molar-refractivity contribution in [2.24, 2.45) is 5.73 Å². The molecule has 4 heteroatoms. The third-order valence-electron chi connectivity index (χ3n) is 2.43. The summed E-state index contributed by atoms with van der Waals surface area (Å²) in [7, 11) is 2.99. The molecule has 0 saturated heterocycles. The molecule has 0 radical (unpaired) electrons. The van der Waals surface area contributed by atoms with Crippen LogP contribution in [-0.4, -0.2) is 31.8 Å². The summed E-state index contributed by atoms with van der Waals surface area (Å²) in [6.07, 6.45) is 2.16. The molecule has 70 valence electrons. The Bertz CT molecular complexity index is 183. The van der Waals surface area contributed by atoms with Gasteiger partial charge in [-0.3, -0.25) is 4.79 Å². The normalized spacial score (nSPS) is 35.1. The summed E-state index contributed by atoms with van der Waals surface area (Å²) >= 11 is 0. The molecule has 1 rings (SSSR count). The van der Waals surface area contributed by atoms with Crippen LogP contribution in [0, 0.1) is 0 Å². The van der Waals surface area contributed by atoms with E-state index in [4.69, 9.17) is 10.5 Å². The van der Waals surface area contributed by atoms with Gasteiger partial charge < -0.3 is 15.2 Å². The molecule has 12 heavy (non-hydrogen) atoms. The van der Waals surface area contributed by atoms with E-state index in [2.05, 4.69) is 4.74 Å². The van der Waals surface area contributed by atoms with Gasteiger partial charge in [0.1, 0.15) is 5.54 Å². The van der Waals surface area contributed by atoms with Gasteiger partial charge in [-0.15, -0.1) is 0 Å². The first-order chi connectivity index (χ1) is 5.62. The largest absolute Gasteiger partial charge is 0.468 e. The van der Waals surface area contributed by atoms with Crippen LogP contribution in [0.5, 0.6) is 0 Å². The lowest BCUT2D eigenvalue weighted by molar-refractivity contribution is -0.147. The summed E-state index contributed by atoms with van der Waals surface area (Å²) in [5.41, 5.74) is 5.01. The summed E-state index contributed by atoms with van der Waals surface area (Å²) in [6, 6.07) is 0. The number of esters is 1. The molecule has 1 fully saturated rings. The molecule has 0 unspecified atom stereocenters. The smallest absolute Gasteiger partial charge is 0.325 e. The van der Waals surface area contributed by atoms with Gasteiger partial charge in [-0.2, -0.15) is 0 Å². The van der Waals surface area contributed by atoms with Crippen molar-refractivity contribution in [1.82, 2.24) is 0 Å². The van der Waals surface area contributed by atoms with Crippen molar-refractivity contribution in [3.63, 3.8) is 0 Å². The van der Waals surface area contributed by atoms with Gasteiger partial charge in [0.2, 0.25) is 0 Å². The van der Waals surface area contributed by atoms with Crippen LogP contribution in [0.3, 0.4) is 0 Å². The molecule has 1 saturated carbocycles. The Hall–Kier alpha value is -0.610. The molecular formula is C8H15NO3. The molecular weight excluding hydrogens is 158 g/mol. The van der Waals surface area contributed by atoms with E-state index in [1.807, 2.05) is 0 Å². The second-order valence-corrected chi connectivity index (χ2v) is 3.25. The number of ether oxygens (including phenoxy) is 2. The van der Waals surface area contributed by atoms with Crippen LogP contribution in [-0.2, 0) is 14.3 Å². The minimum Gasteiger partial charge on any atom is -0.468 e. The fraction of sp³-hybridized carbons (Fsp3) is 0.875. The summed E-state index contributed by atoms with van der Waals surface area (Å²) in [4.78, 5) is 11.2. The molecule has 0 aromatic carbocycles. The maximum atomic E-state index is 11.2. The van der Waals surface area contributed by atoms with Crippen molar-refractivity contribution >= 4 is 5.97 Å². The SMILES string of the molecule is COC(=O)[C@@]1(N)CC[C@H](OC)C1. The highest BCUT2D eigenvalue weighted by Gasteiger charge is 2.43. The van der Waals surface area contributed by atoms with E-state index in [1.54, 1.807) is 7.11 Å². The summed E-state index contributed by atoms with van der Waals surface area (Å²) in [5.74, 6) is -0.331. The van der Waals surface area contributed by atoms with Crippen LogP contribution >= 0.6 is 0 Å². The Labute approximate surface area is 72.0 Å². The molecule has 0 amide bonds. The van der Waals surface area contributed by atoms with Gasteiger partial charge in [0.05, 0.1) is 13.2 Å². The molecule has 0 bridgehead atoms. The molecule has 0 spiro atoms. The highest BCUT2D eigenvalue weighted by molar-refractivity contribution is 5.80. The zero-order valence-corrected chi connectivity index (χ0v) is 7.50. The summed E-state index contributed by atoms with van der Waals surface area (Å²) in [5, 5.41) is 0. The molecule has 4 nitrogen and oxygen atoms in total. The predicted molar refractivity (Wildman–Crippen MR) is 43.6 cm³/mol. The zero-order valence-electron chi connectivity index (χ0n) is 7.50. The average Bonchev–Trinajstić information content (AvgIpc) is 2.47. The molecule has 0 aromatic rings. The van der Waals surface area contributed by atoms with E-state index in [-0.39, 0.29) is 12.1 Å². The number of rotatable bonds is 2. The summed E-state index contributed by atoms with van der Waals surface area (Å²) < 4.78 is 9.72. The molecule has 1 aliphatic rings. The first-order valence-corrected chi connectivity index (χ1v) is 4.02. The minimum absolute atomic E-state index is 0.106. The fourth-order valence-electron chi connectivity index (χ4n) is 1.62. The quantitative estimate of drug-likeness (QED) is 0.600. The summed E-state index contributed by atoms with van der Waals surface area (Å²) in [6.45, 7) is 0. The number of carbonyl (C=O) groups is 1. The number of hydrogen-bond donors (Lipinski definition) is 1. The second kappa shape index (κ2) is 3.41. The third-order valence-corrected chi connectivity index (χ3v) is 2.43. The van der Waals surface area contributed by atoms with E-state index < -0.39 is 5.54 Å². The number of carbonyl (C=O) groups excluding carboxylic acids is 1. The van der Waals surface area contributed by atoms with Crippen molar-refractivity contribution in [2.45, 2.75) is 30.9 Å². The molecule has 0 aliphatic heterocycles. The monoisotopic (exact) mass is 173 g/mol. The highest BCUT2D eigenvalue weighted by Crippen LogP contribution is 2.30. The molecule has 0 heterocycles. The van der Waals surface area contributed by atoms with Gasteiger partial charge in [-0.1, -0.05) is 0 Å². The van der Waals surface area contributed by atoms with Crippen LogP contribution in [0.1, 0.15) is 19.3 Å². The van der Waals surface area contributed by atoms with E-state index in [1.165, 1.54) is 7.11 Å². The van der Waals surface area contributed by atoms with Crippen LogP contribution in [0.4, 0.5) is 0 Å². The van der Waals surface area contributed by atoms with Gasteiger partial charge in [0.15, 0.2) is 0 Å². The van der Waals surface area contributed by atoms with Crippen LogP contribution in [0.25, 0.3) is 0 Å². The van der Waals surface area contributed by atoms with Crippen molar-refractivity contribution in [3.05, 3.63) is 0 Å². The van der Waals surface area contributed by atoms with E-state index >= 15 is 0 Å². The van der Waals surface area contributed by atoms with Crippen molar-refractivity contribution in [3.8, 4) is 0 Å². The lowest BCUT2D eigenvalue weighted by Crippen LogP contribution is -2.46. The Morgan fingerprint density at radius 2 is 2.25 bits per heavy atom. The minimum atomic E-state index is -0.810. The number of methoxy groups -OCH3 is 2. The van der Waals surface area contributed by atoms with E-state index in [0.29, 0.717) is 12.8 Å². The van der Waals surface area contributed by atoms with Gasteiger partial charge in [0.25, 0.3) is 0 Å². The second-order valence-electron chi connectivity index (χ2n) is 3.25. The van der Waals surface area contributed by atoms with Crippen LogP contribution in [0.2, 0.25) is 0 Å². The first kappa shape index (κ1) is 9.48. The molecule has 1 aliphatic carbocycles. The van der Waals surface area contributed by atoms with E-state index in [9.17, 15) is 4.79 Å². The van der Waals surface area contributed by atoms with Gasteiger partial charge in [-0.25, -0.2) is 0 Å². The Morgan fingerprint density at radius 3 is 2.67 bits per heavy atom. The van der Waals surface area contributed by atoms with Crippen molar-refractivity contribution in [1.29, 1.82) is 0 Å². The van der Waals surface area contributed by atoms with Gasteiger partial charge in [-0.05, 0) is 12.8 Å². The van der Waals surface area contributed by atoms with Crippen LogP contribution in [0.15, 0.2) is 0 Å². The van der Waals surface area contributed by atoms with Crippen molar-refractivity contribution in [2.75, 3.05) is 14.2 Å². The average molecular weight is 173 g/mol. The third kappa shape index (κ3) is 1.59. The maximum absolute atomic E-state index is 11.2. The lowest BCUT2D eigenvalue weighted by atomic mass is 10.00. The Balaban J connectivity index is 2.57. The van der Waals surface area contributed by atoms with E-state index in [0.717, 1.165) is 6.42 Å². The molecule has 2 atom stereocenters. The maximum Gasteiger partial charge on any atom is 0.325 e. The topological polar surface area (TPSA) is 61.5 Å². The van der Waals surface area contributed by atoms with Gasteiger partial charge >= 0.3 is 5.97 Å². The lowest BCUT2D eigenvalue weighted by Gasteiger charge is -2.19. The fourth-order valence-corrected chi connectivity index (χ4v) is 1.62. The first-order valence-electron chi connectivity index (χ1n) is 4.02. The predicted octanol–water partition coefficient (Wildman–Crippen LogP) is 0.0558.